The lowest BCUT2D eigenvalue weighted by molar-refractivity contribution is -0.0706. The van der Waals surface area contributed by atoms with Gasteiger partial charge in [-0.3, -0.25) is 4.90 Å². The van der Waals surface area contributed by atoms with Crippen LogP contribution in [0.25, 0.3) is 0 Å². The Morgan fingerprint density at radius 2 is 1.80 bits per heavy atom. The van der Waals surface area contributed by atoms with E-state index in [0.717, 1.165) is 24.3 Å². The van der Waals surface area contributed by atoms with Crippen LogP contribution in [0.4, 0.5) is 0 Å². The summed E-state index contributed by atoms with van der Waals surface area (Å²) in [5, 5.41) is 0. The Hall–Kier alpha value is -2.18. The first-order valence-corrected chi connectivity index (χ1v) is 10.7. The molecule has 0 bridgehead atoms. The maximum Gasteiger partial charge on any atom is 0.135 e. The van der Waals surface area contributed by atoms with Crippen molar-refractivity contribution in [3.05, 3.63) is 77.9 Å². The number of methoxy groups -OCH3 is 1. The largest absolute Gasteiger partial charge is 0.497 e. The molecule has 0 saturated carbocycles. The fraction of sp³-hybridized carbons (Fsp3) is 0.440. The van der Waals surface area contributed by atoms with Gasteiger partial charge in [-0.1, -0.05) is 54.6 Å². The number of nitrogens with zero attached hydrogens (tertiary/aromatic N) is 1. The zero-order valence-electron chi connectivity index (χ0n) is 17.8. The van der Waals surface area contributed by atoms with Crippen LogP contribution in [0.15, 0.2) is 66.7 Å². The zero-order chi connectivity index (χ0) is 20.8. The molecule has 5 nitrogen and oxygen atoms in total. The van der Waals surface area contributed by atoms with Gasteiger partial charge in [-0.2, -0.15) is 0 Å². The van der Waals surface area contributed by atoms with Crippen LogP contribution in [0.2, 0.25) is 0 Å². The Bertz CT molecular complexity index is 808. The van der Waals surface area contributed by atoms with Crippen LogP contribution in [-0.2, 0) is 27.4 Å². The lowest BCUT2D eigenvalue weighted by atomic mass is 10.1. The highest BCUT2D eigenvalue weighted by Gasteiger charge is 2.42. The second-order valence-electron chi connectivity index (χ2n) is 7.95. The van der Waals surface area contributed by atoms with Gasteiger partial charge in [0.05, 0.1) is 45.2 Å². The van der Waals surface area contributed by atoms with Crippen molar-refractivity contribution in [2.24, 2.45) is 0 Å². The molecule has 0 unspecified atom stereocenters. The number of fused-ring (bicyclic) bond motifs is 1. The molecule has 0 aromatic heterocycles. The van der Waals surface area contributed by atoms with Crippen LogP contribution in [0.1, 0.15) is 24.5 Å². The average Bonchev–Trinajstić information content (AvgIpc) is 3.38. The van der Waals surface area contributed by atoms with Gasteiger partial charge < -0.3 is 18.9 Å². The molecular weight excluding hydrogens is 378 g/mol. The minimum Gasteiger partial charge on any atom is -0.497 e. The van der Waals surface area contributed by atoms with Gasteiger partial charge >= 0.3 is 0 Å². The highest BCUT2D eigenvalue weighted by atomic mass is 16.6. The number of ether oxygens (including phenoxy) is 4. The van der Waals surface area contributed by atoms with Crippen molar-refractivity contribution in [1.82, 2.24) is 4.90 Å². The molecule has 2 heterocycles. The molecule has 0 amide bonds. The van der Waals surface area contributed by atoms with E-state index in [-0.39, 0.29) is 18.4 Å². The number of hydrogen-bond donors (Lipinski definition) is 0. The summed E-state index contributed by atoms with van der Waals surface area (Å²) >= 11 is 0. The smallest absolute Gasteiger partial charge is 0.135 e. The molecule has 30 heavy (non-hydrogen) atoms. The fourth-order valence-corrected chi connectivity index (χ4v) is 4.10. The first-order chi connectivity index (χ1) is 14.7. The number of benzene rings is 2. The third-order valence-electron chi connectivity index (χ3n) is 5.74. The molecule has 0 aliphatic carbocycles. The Kier molecular flexibility index (Phi) is 7.18. The van der Waals surface area contributed by atoms with Crippen molar-refractivity contribution in [2.45, 2.75) is 51.0 Å². The molecule has 0 spiro atoms. The molecule has 1 fully saturated rings. The highest BCUT2D eigenvalue weighted by Crippen LogP contribution is 2.31. The molecule has 2 aliphatic heterocycles. The molecule has 0 radical (unpaired) electrons. The Balaban J connectivity index is 1.24. The summed E-state index contributed by atoms with van der Waals surface area (Å²) in [6.07, 6.45) is 5.58. The van der Waals surface area contributed by atoms with Gasteiger partial charge in [0, 0.05) is 13.0 Å². The lowest BCUT2D eigenvalue weighted by Gasteiger charge is -2.21. The quantitative estimate of drug-likeness (QED) is 0.551. The third-order valence-corrected chi connectivity index (χ3v) is 5.74. The van der Waals surface area contributed by atoms with Crippen molar-refractivity contribution in [3.8, 4) is 5.75 Å². The lowest BCUT2D eigenvalue weighted by Crippen LogP contribution is -2.36. The van der Waals surface area contributed by atoms with Gasteiger partial charge in [-0.15, -0.1) is 0 Å². The van der Waals surface area contributed by atoms with E-state index in [1.54, 1.807) is 7.11 Å². The molecule has 1 saturated heterocycles. The van der Waals surface area contributed by atoms with Crippen LogP contribution in [0.5, 0.6) is 5.75 Å². The second-order valence-corrected chi connectivity index (χ2v) is 7.95. The molecule has 4 rings (SSSR count). The van der Waals surface area contributed by atoms with E-state index in [0.29, 0.717) is 25.9 Å². The average molecular weight is 410 g/mol. The molecule has 5 heteroatoms. The highest BCUT2D eigenvalue weighted by molar-refractivity contribution is 5.26. The maximum atomic E-state index is 6.37. The summed E-state index contributed by atoms with van der Waals surface area (Å²) < 4.78 is 23.6. The van der Waals surface area contributed by atoms with E-state index in [1.807, 2.05) is 42.5 Å². The van der Waals surface area contributed by atoms with E-state index in [2.05, 4.69) is 36.1 Å². The maximum absolute atomic E-state index is 6.37. The summed E-state index contributed by atoms with van der Waals surface area (Å²) in [5.41, 5.74) is 2.33. The normalized spacial score (nSPS) is 24.1. The van der Waals surface area contributed by atoms with Gasteiger partial charge in [0.25, 0.3) is 0 Å². The Morgan fingerprint density at radius 3 is 2.57 bits per heavy atom. The molecular formula is C25H31NO4. The summed E-state index contributed by atoms with van der Waals surface area (Å²) in [7, 11) is 1.68. The summed E-state index contributed by atoms with van der Waals surface area (Å²) in [6.45, 7) is 4.81. The molecule has 4 atom stereocenters. The SMILES string of the molecule is COc1ccc(CO[C@@H](C)C[C@H]2O[C@H](COCc3ccccc3)N3CC=C[C@@H]23)cc1. The molecule has 2 aromatic carbocycles. The molecule has 160 valence electrons. The molecule has 2 aromatic rings. The fourth-order valence-electron chi connectivity index (χ4n) is 4.10. The van der Waals surface area contributed by atoms with Crippen LogP contribution in [0.3, 0.4) is 0 Å². The standard InChI is InChI=1S/C25H31NO4/c1-19(29-17-21-10-12-22(27-2)13-11-21)15-24-23-9-6-14-26(23)25(30-24)18-28-16-20-7-4-3-5-8-20/h3-13,19,23-25H,14-18H2,1-2H3/t19-,23-,24+,25+/m0/s1. The second kappa shape index (κ2) is 10.2. The van der Waals surface area contributed by atoms with Gasteiger partial charge in [0.15, 0.2) is 0 Å². The summed E-state index contributed by atoms with van der Waals surface area (Å²) in [6, 6.07) is 18.6. The first kappa shape index (κ1) is 21.1. The van der Waals surface area contributed by atoms with Crippen molar-refractivity contribution in [3.63, 3.8) is 0 Å². The number of hydrogen-bond acceptors (Lipinski definition) is 5. The van der Waals surface area contributed by atoms with E-state index in [9.17, 15) is 0 Å². The summed E-state index contributed by atoms with van der Waals surface area (Å²) in [5.74, 6) is 0.861. The summed E-state index contributed by atoms with van der Waals surface area (Å²) in [4.78, 5) is 2.38. The van der Waals surface area contributed by atoms with E-state index >= 15 is 0 Å². The van der Waals surface area contributed by atoms with Crippen LogP contribution < -0.4 is 4.74 Å². The third kappa shape index (κ3) is 5.29. The number of rotatable bonds is 10. The molecule has 0 N–H and O–H groups in total. The monoisotopic (exact) mass is 409 g/mol. The van der Waals surface area contributed by atoms with Gasteiger partial charge in [-0.25, -0.2) is 0 Å². The van der Waals surface area contributed by atoms with Gasteiger partial charge in [0.1, 0.15) is 12.0 Å². The van der Waals surface area contributed by atoms with Crippen molar-refractivity contribution >= 4 is 0 Å². The molecule has 2 aliphatic rings. The van der Waals surface area contributed by atoms with E-state index in [4.69, 9.17) is 18.9 Å². The van der Waals surface area contributed by atoms with Crippen molar-refractivity contribution in [1.29, 1.82) is 0 Å². The van der Waals surface area contributed by atoms with E-state index in [1.165, 1.54) is 5.56 Å². The Labute approximate surface area is 179 Å². The van der Waals surface area contributed by atoms with Crippen LogP contribution in [0, 0.1) is 0 Å². The zero-order valence-corrected chi connectivity index (χ0v) is 17.8. The van der Waals surface area contributed by atoms with Crippen LogP contribution in [-0.4, -0.2) is 49.6 Å². The predicted molar refractivity (Wildman–Crippen MR) is 116 cm³/mol. The van der Waals surface area contributed by atoms with Crippen molar-refractivity contribution < 1.29 is 18.9 Å². The van der Waals surface area contributed by atoms with E-state index < -0.39 is 0 Å². The minimum absolute atomic E-state index is 0.00694. The minimum atomic E-state index is -0.00694. The predicted octanol–water partition coefficient (Wildman–Crippen LogP) is 4.17. The van der Waals surface area contributed by atoms with Gasteiger partial charge in [0.2, 0.25) is 0 Å². The van der Waals surface area contributed by atoms with Crippen LogP contribution >= 0.6 is 0 Å². The Morgan fingerprint density at radius 1 is 1.03 bits per heavy atom. The van der Waals surface area contributed by atoms with Gasteiger partial charge in [-0.05, 0) is 30.2 Å². The van der Waals surface area contributed by atoms with Crippen molar-refractivity contribution in [2.75, 3.05) is 20.3 Å². The topological polar surface area (TPSA) is 40.2 Å². The first-order valence-electron chi connectivity index (χ1n) is 10.7.